The molecule has 1 amide bonds. The van der Waals surface area contributed by atoms with Gasteiger partial charge in [-0.2, -0.15) is 4.98 Å². The number of nitrogens with zero attached hydrogens (tertiary/aromatic N) is 4. The van der Waals surface area contributed by atoms with Gasteiger partial charge in [0.1, 0.15) is 30.9 Å². The molecule has 1 aliphatic heterocycles. The van der Waals surface area contributed by atoms with Crippen LogP contribution in [-0.4, -0.2) is 70.2 Å². The van der Waals surface area contributed by atoms with Crippen molar-refractivity contribution in [2.75, 3.05) is 37.7 Å². The van der Waals surface area contributed by atoms with Gasteiger partial charge in [-0.15, -0.1) is 0 Å². The van der Waals surface area contributed by atoms with Gasteiger partial charge in [-0.1, -0.05) is 19.0 Å². The molecule has 1 aromatic carbocycles. The van der Waals surface area contributed by atoms with E-state index >= 15 is 0 Å². The normalized spacial score (nSPS) is 14.1. The number of amides is 1. The summed E-state index contributed by atoms with van der Waals surface area (Å²) in [6, 6.07) is 5.98. The number of benzene rings is 1. The first kappa shape index (κ1) is 26.6. The average molecular weight is 510 g/mol. The zero-order valence-electron chi connectivity index (χ0n) is 21.7. The van der Waals surface area contributed by atoms with Gasteiger partial charge in [-0.25, -0.2) is 4.98 Å². The molecule has 0 unspecified atom stereocenters. The largest absolute Gasteiger partial charge is 0.490 e. The van der Waals surface area contributed by atoms with E-state index in [0.717, 1.165) is 47.6 Å². The molecule has 3 heterocycles. The average Bonchev–Trinajstić information content (AvgIpc) is 3.63. The Labute approximate surface area is 216 Å². The fourth-order valence-corrected chi connectivity index (χ4v) is 4.52. The predicted molar refractivity (Wildman–Crippen MR) is 140 cm³/mol. The molecule has 198 valence electrons. The van der Waals surface area contributed by atoms with Crippen molar-refractivity contribution in [1.82, 2.24) is 20.4 Å². The number of carbonyl (C=O) groups excluding carboxylic acids is 1. The summed E-state index contributed by atoms with van der Waals surface area (Å²) >= 11 is 0. The SMILES string of the molecule is CCc1cc(-c2nc(-c3cc(C)c(OC[C@@H](O)CNC(=O)CO)c(CC)c3)no2)cnc1N1CCCC1. The second-order valence-electron chi connectivity index (χ2n) is 9.24. The molecule has 0 spiro atoms. The van der Waals surface area contributed by atoms with Crippen LogP contribution in [0.1, 0.15) is 43.4 Å². The number of ether oxygens (including phenoxy) is 1. The van der Waals surface area contributed by atoms with Crippen molar-refractivity contribution >= 4 is 11.7 Å². The van der Waals surface area contributed by atoms with Crippen LogP contribution in [0.5, 0.6) is 5.75 Å². The molecular formula is C27H35N5O5. The van der Waals surface area contributed by atoms with Gasteiger partial charge in [0.25, 0.3) is 5.89 Å². The maximum atomic E-state index is 11.2. The zero-order chi connectivity index (χ0) is 26.4. The molecule has 3 aromatic rings. The Morgan fingerprint density at radius 2 is 1.89 bits per heavy atom. The molecule has 1 saturated heterocycles. The Morgan fingerprint density at radius 1 is 1.16 bits per heavy atom. The van der Waals surface area contributed by atoms with Crippen molar-refractivity contribution in [2.24, 2.45) is 0 Å². The summed E-state index contributed by atoms with van der Waals surface area (Å²) in [5.41, 5.74) is 4.59. The molecule has 0 saturated carbocycles. The lowest BCUT2D eigenvalue weighted by molar-refractivity contribution is -0.124. The highest BCUT2D eigenvalue weighted by atomic mass is 16.5. The highest BCUT2D eigenvalue weighted by Crippen LogP contribution is 2.32. The third-order valence-electron chi connectivity index (χ3n) is 6.49. The van der Waals surface area contributed by atoms with Gasteiger partial charge in [-0.05, 0) is 67.5 Å². The molecule has 0 radical (unpaired) electrons. The quantitative estimate of drug-likeness (QED) is 0.357. The van der Waals surface area contributed by atoms with Crippen LogP contribution < -0.4 is 15.0 Å². The fraction of sp³-hybridized carbons (Fsp3) is 0.481. The standard InChI is InChI=1S/C27H35N5O5/c1-4-18-11-20(10-17(3)24(18)36-16-22(34)14-28-23(35)15-33)25-30-27(37-31-25)21-12-19(5-2)26(29-13-21)32-8-6-7-9-32/h10-13,22,33-34H,4-9,14-16H2,1-3H3,(H,28,35)/t22-/m0/s1. The first-order valence-electron chi connectivity index (χ1n) is 12.8. The lowest BCUT2D eigenvalue weighted by atomic mass is 10.0. The number of anilines is 1. The van der Waals surface area contributed by atoms with Crippen molar-refractivity contribution in [1.29, 1.82) is 0 Å². The maximum Gasteiger partial charge on any atom is 0.259 e. The molecule has 3 N–H and O–H groups in total. The lowest BCUT2D eigenvalue weighted by Gasteiger charge is -2.19. The Morgan fingerprint density at radius 3 is 2.59 bits per heavy atom. The number of hydrogen-bond acceptors (Lipinski definition) is 9. The second-order valence-corrected chi connectivity index (χ2v) is 9.24. The van der Waals surface area contributed by atoms with E-state index in [1.165, 1.54) is 18.4 Å². The lowest BCUT2D eigenvalue weighted by Crippen LogP contribution is -2.36. The Balaban J connectivity index is 1.50. The Hall–Kier alpha value is -3.50. The van der Waals surface area contributed by atoms with Crippen LogP contribution in [0.25, 0.3) is 22.8 Å². The highest BCUT2D eigenvalue weighted by molar-refractivity contribution is 5.76. The van der Waals surface area contributed by atoms with E-state index in [-0.39, 0.29) is 13.2 Å². The van der Waals surface area contributed by atoms with Gasteiger partial charge in [0.15, 0.2) is 0 Å². The van der Waals surface area contributed by atoms with Crippen molar-refractivity contribution in [3.63, 3.8) is 0 Å². The van der Waals surface area contributed by atoms with Crippen LogP contribution in [0.15, 0.2) is 28.9 Å². The predicted octanol–water partition coefficient (Wildman–Crippen LogP) is 2.68. The van der Waals surface area contributed by atoms with Gasteiger partial charge in [-0.3, -0.25) is 4.79 Å². The molecule has 2 aromatic heterocycles. The van der Waals surface area contributed by atoms with Crippen molar-refractivity contribution in [3.05, 3.63) is 41.1 Å². The van der Waals surface area contributed by atoms with E-state index in [1.54, 1.807) is 6.20 Å². The number of aryl methyl sites for hydroxylation is 3. The summed E-state index contributed by atoms with van der Waals surface area (Å²) < 4.78 is 11.5. The molecule has 10 heteroatoms. The number of nitrogens with one attached hydrogen (secondary N) is 1. The minimum absolute atomic E-state index is 0.00275. The van der Waals surface area contributed by atoms with Crippen molar-refractivity contribution in [2.45, 2.75) is 52.6 Å². The summed E-state index contributed by atoms with van der Waals surface area (Å²) in [6.45, 7) is 7.54. The van der Waals surface area contributed by atoms with E-state index < -0.39 is 18.6 Å². The van der Waals surface area contributed by atoms with E-state index in [2.05, 4.69) is 33.3 Å². The Kier molecular flexibility index (Phi) is 8.73. The third-order valence-corrected chi connectivity index (χ3v) is 6.49. The van der Waals surface area contributed by atoms with Crippen LogP contribution in [0.3, 0.4) is 0 Å². The molecule has 4 rings (SSSR count). The van der Waals surface area contributed by atoms with Crippen LogP contribution in [-0.2, 0) is 17.6 Å². The molecule has 0 aliphatic carbocycles. The van der Waals surface area contributed by atoms with E-state index in [4.69, 9.17) is 19.4 Å². The minimum atomic E-state index is -0.905. The van der Waals surface area contributed by atoms with Gasteiger partial charge in [0, 0.05) is 31.4 Å². The van der Waals surface area contributed by atoms with Crippen molar-refractivity contribution in [3.8, 4) is 28.6 Å². The maximum absolute atomic E-state index is 11.2. The number of aliphatic hydroxyl groups excluding tert-OH is 2. The van der Waals surface area contributed by atoms with Crippen LogP contribution >= 0.6 is 0 Å². The van der Waals surface area contributed by atoms with Crippen LogP contribution in [0.4, 0.5) is 5.82 Å². The van der Waals surface area contributed by atoms with Gasteiger partial charge in [0.05, 0.1) is 5.56 Å². The van der Waals surface area contributed by atoms with E-state index in [9.17, 15) is 9.90 Å². The molecule has 0 bridgehead atoms. The number of rotatable bonds is 11. The molecule has 1 fully saturated rings. The summed E-state index contributed by atoms with van der Waals surface area (Å²) in [7, 11) is 0. The molecule has 1 aliphatic rings. The molecule has 37 heavy (non-hydrogen) atoms. The summed E-state index contributed by atoms with van der Waals surface area (Å²) in [6.07, 6.45) is 4.87. The van der Waals surface area contributed by atoms with Gasteiger partial charge < -0.3 is 29.7 Å². The number of aliphatic hydroxyl groups is 2. The van der Waals surface area contributed by atoms with Crippen LogP contribution in [0.2, 0.25) is 0 Å². The first-order valence-corrected chi connectivity index (χ1v) is 12.8. The number of carbonyl (C=O) groups is 1. The van der Waals surface area contributed by atoms with E-state index in [0.29, 0.717) is 23.9 Å². The summed E-state index contributed by atoms with van der Waals surface area (Å²) in [5.74, 6) is 2.08. The fourth-order valence-electron chi connectivity index (χ4n) is 4.52. The number of pyridine rings is 1. The third kappa shape index (κ3) is 6.26. The van der Waals surface area contributed by atoms with Gasteiger partial charge >= 0.3 is 0 Å². The summed E-state index contributed by atoms with van der Waals surface area (Å²) in [5, 5.41) is 25.5. The van der Waals surface area contributed by atoms with Crippen LogP contribution in [0, 0.1) is 6.92 Å². The minimum Gasteiger partial charge on any atom is -0.490 e. The smallest absolute Gasteiger partial charge is 0.259 e. The number of hydrogen-bond donors (Lipinski definition) is 3. The molecule has 1 atom stereocenters. The topological polar surface area (TPSA) is 134 Å². The first-order chi connectivity index (χ1) is 17.9. The Bertz CT molecular complexity index is 1220. The molecule has 10 nitrogen and oxygen atoms in total. The van der Waals surface area contributed by atoms with Gasteiger partial charge in [0.2, 0.25) is 11.7 Å². The molecular weight excluding hydrogens is 474 g/mol. The van der Waals surface area contributed by atoms with E-state index in [1.807, 2.05) is 26.0 Å². The monoisotopic (exact) mass is 509 g/mol. The van der Waals surface area contributed by atoms with Crippen molar-refractivity contribution < 1.29 is 24.3 Å². The summed E-state index contributed by atoms with van der Waals surface area (Å²) in [4.78, 5) is 22.9. The highest BCUT2D eigenvalue weighted by Gasteiger charge is 2.20. The number of aromatic nitrogens is 3. The zero-order valence-corrected chi connectivity index (χ0v) is 21.7. The second kappa shape index (κ2) is 12.2.